The Morgan fingerprint density at radius 2 is 2.41 bits per heavy atom. The number of nitrogens with zero attached hydrogens (tertiary/aromatic N) is 2. The zero-order valence-electron chi connectivity index (χ0n) is 13.8. The van der Waals surface area contributed by atoms with Crippen molar-refractivity contribution in [3.63, 3.8) is 0 Å². The molecule has 22 heavy (non-hydrogen) atoms. The molecule has 2 heterocycles. The SMILES string of the molecule is CC[C@H](C)OCC(=O)NC[C@@H]1CCN(C)[C@H]1c1cccnc1. The summed E-state index contributed by atoms with van der Waals surface area (Å²) >= 11 is 0. The van der Waals surface area contributed by atoms with Crippen molar-refractivity contribution in [1.82, 2.24) is 15.2 Å². The lowest BCUT2D eigenvalue weighted by Crippen LogP contribution is -2.35. The second kappa shape index (κ2) is 8.25. The Hall–Kier alpha value is -1.46. The van der Waals surface area contributed by atoms with Crippen molar-refractivity contribution < 1.29 is 9.53 Å². The molecule has 1 N–H and O–H groups in total. The first kappa shape index (κ1) is 16.9. The van der Waals surface area contributed by atoms with E-state index in [0.717, 1.165) is 19.4 Å². The van der Waals surface area contributed by atoms with Crippen LogP contribution in [0, 0.1) is 5.92 Å². The number of carbonyl (C=O) groups is 1. The molecule has 0 aromatic carbocycles. The standard InChI is InChI=1S/C17H27N3O2/c1-4-13(2)22-12-16(21)19-11-15-7-9-20(3)17(15)14-6-5-8-18-10-14/h5-6,8,10,13,15,17H,4,7,9,11-12H2,1-3H3,(H,19,21)/t13-,15-,17-/m0/s1. The van der Waals surface area contributed by atoms with E-state index in [1.165, 1.54) is 5.56 Å². The number of amides is 1. The molecule has 1 saturated heterocycles. The van der Waals surface area contributed by atoms with Gasteiger partial charge in [0.25, 0.3) is 0 Å². The van der Waals surface area contributed by atoms with Crippen LogP contribution in [0.1, 0.15) is 38.3 Å². The lowest BCUT2D eigenvalue weighted by Gasteiger charge is -2.25. The first-order valence-electron chi connectivity index (χ1n) is 8.10. The van der Waals surface area contributed by atoms with Gasteiger partial charge in [0, 0.05) is 25.0 Å². The number of nitrogens with one attached hydrogen (secondary N) is 1. The molecule has 0 spiro atoms. The predicted octanol–water partition coefficient (Wildman–Crippen LogP) is 2.01. The average Bonchev–Trinajstić information content (AvgIpc) is 2.92. The van der Waals surface area contributed by atoms with Crippen molar-refractivity contribution in [2.24, 2.45) is 5.92 Å². The molecule has 1 amide bonds. The molecule has 0 radical (unpaired) electrons. The number of pyridine rings is 1. The molecule has 1 aromatic rings. The molecule has 5 heteroatoms. The minimum absolute atomic E-state index is 0.0280. The summed E-state index contributed by atoms with van der Waals surface area (Å²) in [4.78, 5) is 18.4. The van der Waals surface area contributed by atoms with Crippen LogP contribution in [0.25, 0.3) is 0 Å². The maximum Gasteiger partial charge on any atom is 0.246 e. The molecule has 1 aromatic heterocycles. The van der Waals surface area contributed by atoms with Crippen LogP contribution < -0.4 is 5.32 Å². The lowest BCUT2D eigenvalue weighted by atomic mass is 9.95. The molecule has 0 unspecified atom stereocenters. The van der Waals surface area contributed by atoms with Gasteiger partial charge in [0.05, 0.1) is 6.10 Å². The van der Waals surface area contributed by atoms with Gasteiger partial charge in [-0.15, -0.1) is 0 Å². The van der Waals surface area contributed by atoms with E-state index in [4.69, 9.17) is 4.74 Å². The van der Waals surface area contributed by atoms with Gasteiger partial charge in [-0.2, -0.15) is 0 Å². The Balaban J connectivity index is 1.85. The Morgan fingerprint density at radius 3 is 3.09 bits per heavy atom. The van der Waals surface area contributed by atoms with Crippen molar-refractivity contribution >= 4 is 5.91 Å². The highest BCUT2D eigenvalue weighted by molar-refractivity contribution is 5.77. The summed E-state index contributed by atoms with van der Waals surface area (Å²) < 4.78 is 5.47. The fraction of sp³-hybridized carbons (Fsp3) is 0.647. The molecule has 122 valence electrons. The highest BCUT2D eigenvalue weighted by atomic mass is 16.5. The van der Waals surface area contributed by atoms with Gasteiger partial charge < -0.3 is 10.1 Å². The zero-order valence-corrected chi connectivity index (χ0v) is 13.8. The fourth-order valence-electron chi connectivity index (χ4n) is 2.95. The minimum atomic E-state index is -0.0280. The first-order valence-corrected chi connectivity index (χ1v) is 8.10. The fourth-order valence-corrected chi connectivity index (χ4v) is 2.95. The number of carbonyl (C=O) groups excluding carboxylic acids is 1. The summed E-state index contributed by atoms with van der Waals surface area (Å²) in [5.41, 5.74) is 1.22. The van der Waals surface area contributed by atoms with Crippen molar-refractivity contribution in [1.29, 1.82) is 0 Å². The van der Waals surface area contributed by atoms with Crippen LogP contribution in [0.5, 0.6) is 0 Å². The maximum absolute atomic E-state index is 11.9. The molecule has 1 aliphatic heterocycles. The van der Waals surface area contributed by atoms with Gasteiger partial charge in [0.2, 0.25) is 5.91 Å². The number of hydrogen-bond donors (Lipinski definition) is 1. The Bertz CT molecular complexity index is 466. The summed E-state index contributed by atoms with van der Waals surface area (Å²) in [5.74, 6) is 0.390. The second-order valence-electron chi connectivity index (χ2n) is 6.09. The van der Waals surface area contributed by atoms with E-state index < -0.39 is 0 Å². The molecular formula is C17H27N3O2. The maximum atomic E-state index is 11.9. The molecule has 0 aliphatic carbocycles. The monoisotopic (exact) mass is 305 g/mol. The highest BCUT2D eigenvalue weighted by Gasteiger charge is 2.33. The van der Waals surface area contributed by atoms with Gasteiger partial charge in [0.1, 0.15) is 6.61 Å². The molecular weight excluding hydrogens is 278 g/mol. The van der Waals surface area contributed by atoms with E-state index >= 15 is 0 Å². The van der Waals surface area contributed by atoms with Gasteiger partial charge in [0.15, 0.2) is 0 Å². The minimum Gasteiger partial charge on any atom is -0.369 e. The summed E-state index contributed by atoms with van der Waals surface area (Å²) in [6.45, 7) is 5.91. The van der Waals surface area contributed by atoms with Gasteiger partial charge in [-0.1, -0.05) is 13.0 Å². The van der Waals surface area contributed by atoms with Crippen LogP contribution in [0.3, 0.4) is 0 Å². The predicted molar refractivity (Wildman–Crippen MR) is 86.4 cm³/mol. The van der Waals surface area contributed by atoms with E-state index in [2.05, 4.69) is 35.2 Å². The number of hydrogen-bond acceptors (Lipinski definition) is 4. The third-order valence-electron chi connectivity index (χ3n) is 4.44. The largest absolute Gasteiger partial charge is 0.369 e. The van der Waals surface area contributed by atoms with Crippen LogP contribution >= 0.6 is 0 Å². The molecule has 0 bridgehead atoms. The Kier molecular flexibility index (Phi) is 6.34. The quantitative estimate of drug-likeness (QED) is 0.837. The number of aromatic nitrogens is 1. The van der Waals surface area contributed by atoms with Crippen molar-refractivity contribution in [3.8, 4) is 0 Å². The van der Waals surface area contributed by atoms with Crippen LogP contribution in [0.15, 0.2) is 24.5 Å². The van der Waals surface area contributed by atoms with Gasteiger partial charge in [-0.3, -0.25) is 14.7 Å². The van der Waals surface area contributed by atoms with Crippen LogP contribution in [-0.2, 0) is 9.53 Å². The summed E-state index contributed by atoms with van der Waals surface area (Å²) in [5, 5.41) is 3.01. The third kappa shape index (κ3) is 4.52. The first-order chi connectivity index (χ1) is 10.6. The van der Waals surface area contributed by atoms with Gasteiger partial charge in [-0.25, -0.2) is 0 Å². The second-order valence-corrected chi connectivity index (χ2v) is 6.09. The van der Waals surface area contributed by atoms with Crippen molar-refractivity contribution in [2.75, 3.05) is 26.7 Å². The third-order valence-corrected chi connectivity index (χ3v) is 4.44. The zero-order chi connectivity index (χ0) is 15.9. The number of likely N-dealkylation sites (tertiary alicyclic amines) is 1. The number of ether oxygens (including phenoxy) is 1. The van der Waals surface area contributed by atoms with E-state index in [0.29, 0.717) is 18.5 Å². The number of rotatable bonds is 7. The summed E-state index contributed by atoms with van der Waals surface area (Å²) in [6.07, 6.45) is 5.85. The van der Waals surface area contributed by atoms with E-state index in [-0.39, 0.29) is 18.6 Å². The van der Waals surface area contributed by atoms with Crippen molar-refractivity contribution in [2.45, 2.75) is 38.8 Å². The van der Waals surface area contributed by atoms with E-state index in [1.54, 1.807) is 6.20 Å². The molecule has 1 aliphatic rings. The van der Waals surface area contributed by atoms with E-state index in [1.807, 2.05) is 19.2 Å². The molecule has 2 rings (SSSR count). The summed E-state index contributed by atoms with van der Waals surface area (Å²) in [7, 11) is 2.13. The molecule has 3 atom stereocenters. The molecule has 0 saturated carbocycles. The Labute approximate surface area is 133 Å². The van der Waals surface area contributed by atoms with E-state index in [9.17, 15) is 4.79 Å². The molecule has 5 nitrogen and oxygen atoms in total. The average molecular weight is 305 g/mol. The lowest BCUT2D eigenvalue weighted by molar-refractivity contribution is -0.127. The summed E-state index contributed by atoms with van der Waals surface area (Å²) in [6, 6.07) is 4.40. The smallest absolute Gasteiger partial charge is 0.246 e. The normalized spacial score (nSPS) is 23.4. The van der Waals surface area contributed by atoms with Crippen LogP contribution in [0.2, 0.25) is 0 Å². The van der Waals surface area contributed by atoms with Gasteiger partial charge in [-0.05, 0) is 50.9 Å². The van der Waals surface area contributed by atoms with Crippen molar-refractivity contribution in [3.05, 3.63) is 30.1 Å². The molecule has 1 fully saturated rings. The highest BCUT2D eigenvalue weighted by Crippen LogP contribution is 2.35. The van der Waals surface area contributed by atoms with Gasteiger partial charge >= 0.3 is 0 Å². The topological polar surface area (TPSA) is 54.5 Å². The Morgan fingerprint density at radius 1 is 1.59 bits per heavy atom. The van der Waals surface area contributed by atoms with Crippen LogP contribution in [-0.4, -0.2) is 48.6 Å². The van der Waals surface area contributed by atoms with Crippen LogP contribution in [0.4, 0.5) is 0 Å².